The molecule has 3 rings (SSSR count). The Balaban J connectivity index is 1.55. The van der Waals surface area contributed by atoms with Crippen LogP contribution in [0, 0.1) is 0 Å². The molecule has 0 amide bonds. The predicted octanol–water partition coefficient (Wildman–Crippen LogP) is 4.33. The number of methoxy groups -OCH3 is 1. The van der Waals surface area contributed by atoms with Gasteiger partial charge >= 0.3 is 5.97 Å². The number of ether oxygens (including phenoxy) is 2. The summed E-state index contributed by atoms with van der Waals surface area (Å²) in [4.78, 5) is 24.5. The molecule has 4 heteroatoms. The van der Waals surface area contributed by atoms with E-state index in [9.17, 15) is 9.59 Å². The van der Waals surface area contributed by atoms with Gasteiger partial charge in [-0.3, -0.25) is 4.79 Å². The van der Waals surface area contributed by atoms with Crippen LogP contribution in [0.3, 0.4) is 0 Å². The molecule has 0 aliphatic carbocycles. The van der Waals surface area contributed by atoms with Gasteiger partial charge in [-0.15, -0.1) is 0 Å². The third-order valence-corrected chi connectivity index (χ3v) is 4.20. The van der Waals surface area contributed by atoms with Crippen molar-refractivity contribution in [1.82, 2.24) is 0 Å². The van der Waals surface area contributed by atoms with Gasteiger partial charge in [-0.05, 0) is 29.8 Å². The minimum atomic E-state index is -0.401. The quantitative estimate of drug-likeness (QED) is 0.465. The molecule has 3 aromatic carbocycles. The first-order chi connectivity index (χ1) is 13.2. The summed E-state index contributed by atoms with van der Waals surface area (Å²) in [6.45, 7) is 0.288. The molecule has 3 aromatic rings. The lowest BCUT2D eigenvalue weighted by molar-refractivity contribution is 0.0509. The Hall–Kier alpha value is -3.40. The molecule has 0 atom stereocenters. The van der Waals surface area contributed by atoms with Crippen LogP contribution in [0.2, 0.25) is 0 Å². The molecule has 136 valence electrons. The lowest BCUT2D eigenvalue weighted by Gasteiger charge is -2.07. The zero-order valence-corrected chi connectivity index (χ0v) is 15.1. The van der Waals surface area contributed by atoms with Crippen LogP contribution >= 0.6 is 0 Å². The molecule has 0 fully saturated rings. The van der Waals surface area contributed by atoms with Crippen molar-refractivity contribution in [3.63, 3.8) is 0 Å². The SMILES string of the molecule is COc1ccc(CCOC(=O)c2ccc(C(=O)c3ccccc3)cc2)cc1. The second-order valence-corrected chi connectivity index (χ2v) is 6.01. The minimum Gasteiger partial charge on any atom is -0.497 e. The smallest absolute Gasteiger partial charge is 0.338 e. The van der Waals surface area contributed by atoms with E-state index in [0.29, 0.717) is 23.1 Å². The third kappa shape index (κ3) is 4.82. The molecule has 4 nitrogen and oxygen atoms in total. The molecule has 0 bridgehead atoms. The number of carbonyl (C=O) groups excluding carboxylic acids is 2. The summed E-state index contributed by atoms with van der Waals surface area (Å²) in [5.41, 5.74) is 2.64. The number of benzene rings is 3. The van der Waals surface area contributed by atoms with Crippen LogP contribution in [0.5, 0.6) is 5.75 Å². The maximum Gasteiger partial charge on any atom is 0.338 e. The van der Waals surface area contributed by atoms with Gasteiger partial charge in [-0.25, -0.2) is 4.79 Å². The zero-order chi connectivity index (χ0) is 19.1. The highest BCUT2D eigenvalue weighted by Crippen LogP contribution is 2.13. The molecular formula is C23H20O4. The molecule has 0 N–H and O–H groups in total. The average molecular weight is 360 g/mol. The second-order valence-electron chi connectivity index (χ2n) is 6.01. The maximum absolute atomic E-state index is 12.4. The topological polar surface area (TPSA) is 52.6 Å². The summed E-state index contributed by atoms with van der Waals surface area (Å²) >= 11 is 0. The number of hydrogen-bond acceptors (Lipinski definition) is 4. The highest BCUT2D eigenvalue weighted by molar-refractivity contribution is 6.09. The molecule has 0 aliphatic rings. The Labute approximate surface area is 158 Å². The molecule has 0 aliphatic heterocycles. The average Bonchev–Trinajstić information content (AvgIpc) is 2.74. The second kappa shape index (κ2) is 8.81. The van der Waals surface area contributed by atoms with Crippen molar-refractivity contribution in [3.05, 3.63) is 101 Å². The number of hydrogen-bond donors (Lipinski definition) is 0. The Morgan fingerprint density at radius 2 is 1.33 bits per heavy atom. The molecule has 0 heterocycles. The molecule has 0 unspecified atom stereocenters. The molecular weight excluding hydrogens is 340 g/mol. The van der Waals surface area contributed by atoms with E-state index in [-0.39, 0.29) is 12.4 Å². The predicted molar refractivity (Wildman–Crippen MR) is 103 cm³/mol. The highest BCUT2D eigenvalue weighted by atomic mass is 16.5. The van der Waals surface area contributed by atoms with Gasteiger partial charge in [0.25, 0.3) is 0 Å². The summed E-state index contributed by atoms with van der Waals surface area (Å²) in [5, 5.41) is 0. The Morgan fingerprint density at radius 1 is 0.741 bits per heavy atom. The molecule has 0 saturated carbocycles. The molecule has 0 radical (unpaired) electrons. The largest absolute Gasteiger partial charge is 0.497 e. The van der Waals surface area contributed by atoms with Crippen molar-refractivity contribution < 1.29 is 19.1 Å². The van der Waals surface area contributed by atoms with E-state index < -0.39 is 5.97 Å². The third-order valence-electron chi connectivity index (χ3n) is 4.20. The molecule has 0 spiro atoms. The van der Waals surface area contributed by atoms with E-state index in [0.717, 1.165) is 11.3 Å². The van der Waals surface area contributed by atoms with Crippen molar-refractivity contribution in [2.24, 2.45) is 0 Å². The van der Waals surface area contributed by atoms with Crippen molar-refractivity contribution in [2.45, 2.75) is 6.42 Å². The first-order valence-corrected chi connectivity index (χ1v) is 8.67. The summed E-state index contributed by atoms with van der Waals surface area (Å²) in [6, 6.07) is 23.2. The first-order valence-electron chi connectivity index (χ1n) is 8.67. The van der Waals surface area contributed by atoms with Crippen molar-refractivity contribution in [1.29, 1.82) is 0 Å². The molecule has 0 saturated heterocycles. The number of carbonyl (C=O) groups is 2. The minimum absolute atomic E-state index is 0.0741. The van der Waals surface area contributed by atoms with Crippen molar-refractivity contribution in [2.75, 3.05) is 13.7 Å². The van der Waals surface area contributed by atoms with Gasteiger partial charge in [0.15, 0.2) is 5.78 Å². The van der Waals surface area contributed by atoms with Gasteiger partial charge in [0.05, 0.1) is 19.3 Å². The lowest BCUT2D eigenvalue weighted by Crippen LogP contribution is -2.09. The fraction of sp³-hybridized carbons (Fsp3) is 0.130. The Kier molecular flexibility index (Phi) is 6.00. The van der Waals surface area contributed by atoms with Gasteiger partial charge in [-0.2, -0.15) is 0 Å². The van der Waals surface area contributed by atoms with Crippen LogP contribution < -0.4 is 4.74 Å². The Morgan fingerprint density at radius 3 is 1.96 bits per heavy atom. The van der Waals surface area contributed by atoms with E-state index in [1.807, 2.05) is 42.5 Å². The van der Waals surface area contributed by atoms with Crippen molar-refractivity contribution >= 4 is 11.8 Å². The van der Waals surface area contributed by atoms with Crippen LogP contribution in [-0.2, 0) is 11.2 Å². The van der Waals surface area contributed by atoms with Gasteiger partial charge in [0.1, 0.15) is 5.75 Å². The van der Waals surface area contributed by atoms with Crippen LogP contribution in [0.1, 0.15) is 31.8 Å². The number of rotatable bonds is 7. The number of ketones is 1. The lowest BCUT2D eigenvalue weighted by atomic mass is 10.0. The monoisotopic (exact) mass is 360 g/mol. The number of esters is 1. The van der Waals surface area contributed by atoms with Crippen LogP contribution in [0.15, 0.2) is 78.9 Å². The van der Waals surface area contributed by atoms with Gasteiger partial charge < -0.3 is 9.47 Å². The summed E-state index contributed by atoms with van der Waals surface area (Å²) in [7, 11) is 1.62. The standard InChI is InChI=1S/C23H20O4/c1-26-21-13-7-17(8-14-21)15-16-27-23(25)20-11-9-19(10-12-20)22(24)18-5-3-2-4-6-18/h2-14H,15-16H2,1H3. The van der Waals surface area contributed by atoms with Crippen LogP contribution in [0.25, 0.3) is 0 Å². The van der Waals surface area contributed by atoms with E-state index in [2.05, 4.69) is 0 Å². The normalized spacial score (nSPS) is 10.3. The Bertz CT molecular complexity index is 897. The van der Waals surface area contributed by atoms with Gasteiger partial charge in [0.2, 0.25) is 0 Å². The maximum atomic E-state index is 12.4. The van der Waals surface area contributed by atoms with Crippen molar-refractivity contribution in [3.8, 4) is 5.75 Å². The van der Waals surface area contributed by atoms with E-state index in [4.69, 9.17) is 9.47 Å². The summed E-state index contributed by atoms with van der Waals surface area (Å²) in [5.74, 6) is 0.318. The van der Waals surface area contributed by atoms with E-state index in [1.165, 1.54) is 0 Å². The molecule has 0 aromatic heterocycles. The first kappa shape index (κ1) is 18.4. The van der Waals surface area contributed by atoms with Crippen LogP contribution in [0.4, 0.5) is 0 Å². The van der Waals surface area contributed by atoms with Crippen LogP contribution in [-0.4, -0.2) is 25.5 Å². The molecule has 27 heavy (non-hydrogen) atoms. The highest BCUT2D eigenvalue weighted by Gasteiger charge is 2.11. The summed E-state index contributed by atoms with van der Waals surface area (Å²) < 4.78 is 10.4. The zero-order valence-electron chi connectivity index (χ0n) is 15.1. The van der Waals surface area contributed by atoms with E-state index >= 15 is 0 Å². The van der Waals surface area contributed by atoms with Gasteiger partial charge in [-0.1, -0.05) is 54.6 Å². The fourth-order valence-electron chi connectivity index (χ4n) is 2.65. The van der Waals surface area contributed by atoms with E-state index in [1.54, 1.807) is 43.5 Å². The van der Waals surface area contributed by atoms with Gasteiger partial charge in [0, 0.05) is 17.5 Å². The fourth-order valence-corrected chi connectivity index (χ4v) is 2.65. The summed E-state index contributed by atoms with van der Waals surface area (Å²) in [6.07, 6.45) is 0.625.